The molecule has 4 heteroatoms. The van der Waals surface area contributed by atoms with Gasteiger partial charge < -0.3 is 10.6 Å². The van der Waals surface area contributed by atoms with Crippen LogP contribution in [-0.4, -0.2) is 23.4 Å². The van der Waals surface area contributed by atoms with Crippen molar-refractivity contribution < 1.29 is 4.79 Å². The predicted octanol–water partition coefficient (Wildman–Crippen LogP) is 2.32. The second kappa shape index (κ2) is 5.19. The summed E-state index contributed by atoms with van der Waals surface area (Å²) in [4.78, 5) is 15.6. The number of amides is 1. The number of nitrogens with two attached hydrogens (primary N) is 1. The first-order valence-electron chi connectivity index (χ1n) is 6.27. The van der Waals surface area contributed by atoms with Gasteiger partial charge in [0.25, 0.3) is 0 Å². The summed E-state index contributed by atoms with van der Waals surface area (Å²) >= 11 is 1.79. The average molecular weight is 252 g/mol. The standard InChI is InChI=1S/C13H20N2OS/c1-3-4-11(14)13(16)15-7-5-12-10(9(15)2)6-8-17-12/h6,8-9,11H,3-5,7,14H2,1-2H3/t9?,11-/m0/s1. The van der Waals surface area contributed by atoms with E-state index < -0.39 is 0 Å². The molecule has 1 amide bonds. The lowest BCUT2D eigenvalue weighted by Gasteiger charge is -2.35. The van der Waals surface area contributed by atoms with Crippen molar-refractivity contribution in [2.75, 3.05) is 6.54 Å². The van der Waals surface area contributed by atoms with E-state index in [9.17, 15) is 4.79 Å². The molecule has 1 unspecified atom stereocenters. The maximum absolute atomic E-state index is 12.2. The van der Waals surface area contributed by atoms with E-state index in [2.05, 4.69) is 25.3 Å². The number of thiophene rings is 1. The highest BCUT2D eigenvalue weighted by Crippen LogP contribution is 2.33. The van der Waals surface area contributed by atoms with Crippen LogP contribution in [0, 0.1) is 0 Å². The first-order valence-corrected chi connectivity index (χ1v) is 7.15. The quantitative estimate of drug-likeness (QED) is 0.897. The highest BCUT2D eigenvalue weighted by molar-refractivity contribution is 7.10. The molecule has 1 aromatic rings. The second-order valence-corrected chi connectivity index (χ2v) is 5.65. The van der Waals surface area contributed by atoms with E-state index in [0.29, 0.717) is 0 Å². The van der Waals surface area contributed by atoms with Crippen LogP contribution in [0.3, 0.4) is 0 Å². The summed E-state index contributed by atoms with van der Waals surface area (Å²) in [5.41, 5.74) is 7.23. The van der Waals surface area contributed by atoms with Gasteiger partial charge in [-0.05, 0) is 36.8 Å². The van der Waals surface area contributed by atoms with E-state index >= 15 is 0 Å². The van der Waals surface area contributed by atoms with Gasteiger partial charge in [-0.3, -0.25) is 4.79 Å². The molecule has 1 aromatic heterocycles. The van der Waals surface area contributed by atoms with Gasteiger partial charge in [-0.1, -0.05) is 13.3 Å². The molecule has 0 aliphatic carbocycles. The highest BCUT2D eigenvalue weighted by Gasteiger charge is 2.30. The third kappa shape index (κ3) is 2.38. The lowest BCUT2D eigenvalue weighted by Crippen LogP contribution is -2.47. The molecule has 17 heavy (non-hydrogen) atoms. The molecule has 2 rings (SSSR count). The Morgan fingerprint density at radius 3 is 3.18 bits per heavy atom. The molecule has 0 saturated heterocycles. The second-order valence-electron chi connectivity index (χ2n) is 4.65. The Kier molecular flexibility index (Phi) is 3.84. The number of nitrogens with zero attached hydrogens (tertiary/aromatic N) is 1. The van der Waals surface area contributed by atoms with Crippen LogP contribution >= 0.6 is 11.3 Å². The molecule has 3 nitrogen and oxygen atoms in total. The van der Waals surface area contributed by atoms with Gasteiger partial charge in [0, 0.05) is 11.4 Å². The first kappa shape index (κ1) is 12.6. The largest absolute Gasteiger partial charge is 0.334 e. The van der Waals surface area contributed by atoms with Crippen LogP contribution in [0.4, 0.5) is 0 Å². The van der Waals surface area contributed by atoms with Crippen LogP contribution in [0.2, 0.25) is 0 Å². The summed E-state index contributed by atoms with van der Waals surface area (Å²) in [6.07, 6.45) is 2.71. The van der Waals surface area contributed by atoms with Gasteiger partial charge in [0.2, 0.25) is 5.91 Å². The molecular weight excluding hydrogens is 232 g/mol. The van der Waals surface area contributed by atoms with Gasteiger partial charge in [-0.2, -0.15) is 0 Å². The Hall–Kier alpha value is -0.870. The fraction of sp³-hybridized carbons (Fsp3) is 0.615. The van der Waals surface area contributed by atoms with Crippen LogP contribution in [0.1, 0.15) is 43.2 Å². The van der Waals surface area contributed by atoms with E-state index in [1.54, 1.807) is 11.3 Å². The molecular formula is C13H20N2OS. The van der Waals surface area contributed by atoms with Crippen LogP contribution in [0.25, 0.3) is 0 Å². The van der Waals surface area contributed by atoms with Gasteiger partial charge in [0.15, 0.2) is 0 Å². The van der Waals surface area contributed by atoms with Gasteiger partial charge >= 0.3 is 0 Å². The van der Waals surface area contributed by atoms with Crippen molar-refractivity contribution in [3.8, 4) is 0 Å². The van der Waals surface area contributed by atoms with E-state index in [1.165, 1.54) is 10.4 Å². The minimum Gasteiger partial charge on any atom is -0.334 e. The van der Waals surface area contributed by atoms with Crippen molar-refractivity contribution in [2.45, 2.75) is 45.2 Å². The Balaban J connectivity index is 2.12. The SMILES string of the molecule is CCC[C@H](N)C(=O)N1CCc2sccc2C1C. The third-order valence-corrected chi connectivity index (χ3v) is 4.47. The van der Waals surface area contributed by atoms with E-state index in [0.717, 1.165) is 25.8 Å². The lowest BCUT2D eigenvalue weighted by atomic mass is 10.00. The normalized spacial score (nSPS) is 21.1. The molecule has 0 aromatic carbocycles. The Morgan fingerprint density at radius 2 is 2.47 bits per heavy atom. The van der Waals surface area contributed by atoms with Crippen molar-refractivity contribution in [3.63, 3.8) is 0 Å². The summed E-state index contributed by atoms with van der Waals surface area (Å²) in [5, 5.41) is 2.11. The van der Waals surface area contributed by atoms with Gasteiger partial charge in [0.1, 0.15) is 0 Å². The number of carbonyl (C=O) groups is 1. The topological polar surface area (TPSA) is 46.3 Å². The molecule has 0 spiro atoms. The highest BCUT2D eigenvalue weighted by atomic mass is 32.1. The number of rotatable bonds is 3. The predicted molar refractivity (Wildman–Crippen MR) is 71.0 cm³/mol. The zero-order valence-electron chi connectivity index (χ0n) is 10.5. The van der Waals surface area contributed by atoms with Gasteiger partial charge in [0.05, 0.1) is 12.1 Å². The summed E-state index contributed by atoms with van der Waals surface area (Å²) in [6, 6.07) is 1.98. The molecule has 2 atom stereocenters. The van der Waals surface area contributed by atoms with E-state index in [-0.39, 0.29) is 18.0 Å². The molecule has 0 saturated carbocycles. The molecule has 2 N–H and O–H groups in total. The first-order chi connectivity index (χ1) is 8.15. The maximum Gasteiger partial charge on any atom is 0.239 e. The van der Waals surface area contributed by atoms with Crippen LogP contribution in [0.15, 0.2) is 11.4 Å². The van der Waals surface area contributed by atoms with Crippen LogP contribution in [-0.2, 0) is 11.2 Å². The van der Waals surface area contributed by atoms with E-state index in [1.807, 2.05) is 4.90 Å². The molecule has 0 bridgehead atoms. The monoisotopic (exact) mass is 252 g/mol. The van der Waals surface area contributed by atoms with Gasteiger partial charge in [-0.15, -0.1) is 11.3 Å². The Bertz CT molecular complexity index is 402. The minimum atomic E-state index is -0.331. The molecule has 0 radical (unpaired) electrons. The molecule has 1 aliphatic heterocycles. The molecule has 1 aliphatic rings. The van der Waals surface area contributed by atoms with Crippen molar-refractivity contribution in [3.05, 3.63) is 21.9 Å². The van der Waals surface area contributed by atoms with Gasteiger partial charge in [-0.25, -0.2) is 0 Å². The lowest BCUT2D eigenvalue weighted by molar-refractivity contribution is -0.135. The minimum absolute atomic E-state index is 0.108. The number of carbonyl (C=O) groups excluding carboxylic acids is 1. The Labute approximate surface area is 107 Å². The fourth-order valence-electron chi connectivity index (χ4n) is 2.46. The van der Waals surface area contributed by atoms with Crippen LogP contribution < -0.4 is 5.73 Å². The molecule has 0 fully saturated rings. The summed E-state index contributed by atoms with van der Waals surface area (Å²) in [7, 11) is 0. The van der Waals surface area contributed by atoms with Crippen LogP contribution in [0.5, 0.6) is 0 Å². The van der Waals surface area contributed by atoms with Crippen molar-refractivity contribution in [1.82, 2.24) is 4.90 Å². The zero-order valence-corrected chi connectivity index (χ0v) is 11.3. The number of fused-ring (bicyclic) bond motifs is 1. The summed E-state index contributed by atoms with van der Waals surface area (Å²) < 4.78 is 0. The number of hydrogen-bond acceptors (Lipinski definition) is 3. The van der Waals surface area contributed by atoms with Crippen molar-refractivity contribution in [2.24, 2.45) is 5.73 Å². The number of hydrogen-bond donors (Lipinski definition) is 1. The summed E-state index contributed by atoms with van der Waals surface area (Å²) in [6.45, 7) is 4.97. The zero-order chi connectivity index (χ0) is 12.4. The fourth-order valence-corrected chi connectivity index (χ4v) is 3.42. The van der Waals surface area contributed by atoms with Crippen molar-refractivity contribution >= 4 is 17.2 Å². The summed E-state index contributed by atoms with van der Waals surface area (Å²) in [5.74, 6) is 0.108. The van der Waals surface area contributed by atoms with E-state index in [4.69, 9.17) is 5.73 Å². The molecule has 2 heterocycles. The molecule has 94 valence electrons. The average Bonchev–Trinajstić information content (AvgIpc) is 2.78. The maximum atomic E-state index is 12.2. The third-order valence-electron chi connectivity index (χ3n) is 3.48. The van der Waals surface area contributed by atoms with Crippen molar-refractivity contribution in [1.29, 1.82) is 0 Å². The smallest absolute Gasteiger partial charge is 0.239 e. The Morgan fingerprint density at radius 1 is 1.71 bits per heavy atom.